The molecule has 1 spiro atoms. The molecule has 1 fully saturated rings. The molecule has 0 saturated heterocycles. The van der Waals surface area contributed by atoms with Gasteiger partial charge in [0.05, 0.1) is 23.8 Å². The first kappa shape index (κ1) is 21.7. The van der Waals surface area contributed by atoms with Crippen molar-refractivity contribution in [3.63, 3.8) is 0 Å². The number of nitrogens with zero attached hydrogens (tertiary/aromatic N) is 4. The number of rotatable bonds is 5. The number of aromatic nitrogens is 1. The van der Waals surface area contributed by atoms with Crippen molar-refractivity contribution in [2.45, 2.75) is 31.3 Å². The average Bonchev–Trinajstić information content (AvgIpc) is 3.08. The zero-order valence-electron chi connectivity index (χ0n) is 18.9. The predicted octanol–water partition coefficient (Wildman–Crippen LogP) is 4.16. The van der Waals surface area contributed by atoms with Crippen LogP contribution in [0.25, 0.3) is 5.57 Å². The van der Waals surface area contributed by atoms with Crippen LogP contribution in [0.15, 0.2) is 77.5 Å². The second-order valence-electron chi connectivity index (χ2n) is 8.89. The number of fused-ring (bicyclic) bond motifs is 2. The van der Waals surface area contributed by atoms with E-state index in [9.17, 15) is 15.2 Å². The molecular formula is C28H24N4O2. The van der Waals surface area contributed by atoms with Gasteiger partial charge in [0.1, 0.15) is 11.8 Å². The van der Waals surface area contributed by atoms with E-state index in [-0.39, 0.29) is 12.5 Å². The van der Waals surface area contributed by atoms with Crippen molar-refractivity contribution in [2.75, 3.05) is 11.4 Å². The first-order valence-electron chi connectivity index (χ1n) is 11.2. The fraction of sp³-hybridized carbons (Fsp3) is 0.214. The second kappa shape index (κ2) is 8.36. The maximum atomic E-state index is 13.7. The summed E-state index contributed by atoms with van der Waals surface area (Å²) in [4.78, 5) is 24.1. The molecule has 34 heavy (non-hydrogen) atoms. The number of aliphatic imine (C=N–C) groups is 1. The number of carbonyl (C=O) groups excluding carboxylic acids is 1. The number of nitriles is 1. The topological polar surface area (TPSA) is 89.6 Å². The maximum absolute atomic E-state index is 13.7. The molecule has 0 unspecified atom stereocenters. The summed E-state index contributed by atoms with van der Waals surface area (Å²) < 4.78 is 0. The quantitative estimate of drug-likeness (QED) is 0.594. The molecule has 168 valence electrons. The van der Waals surface area contributed by atoms with Crippen molar-refractivity contribution < 1.29 is 9.90 Å². The minimum atomic E-state index is -0.666. The van der Waals surface area contributed by atoms with Gasteiger partial charge in [-0.05, 0) is 61.4 Å². The highest BCUT2D eigenvalue weighted by Gasteiger charge is 2.58. The maximum Gasteiger partial charge on any atom is 0.238 e. The van der Waals surface area contributed by atoms with Crippen molar-refractivity contribution in [1.82, 2.24) is 4.98 Å². The van der Waals surface area contributed by atoms with Crippen LogP contribution in [0.2, 0.25) is 0 Å². The number of para-hydroxylation sites is 1. The molecule has 1 amide bonds. The summed E-state index contributed by atoms with van der Waals surface area (Å²) >= 11 is 0. The van der Waals surface area contributed by atoms with Gasteiger partial charge in [0, 0.05) is 23.0 Å². The molecule has 0 radical (unpaired) electrons. The molecule has 2 aromatic carbocycles. The zero-order valence-corrected chi connectivity index (χ0v) is 18.9. The third-order valence-electron chi connectivity index (χ3n) is 6.90. The van der Waals surface area contributed by atoms with Crippen LogP contribution in [-0.4, -0.2) is 35.4 Å². The van der Waals surface area contributed by atoms with Gasteiger partial charge in [0.25, 0.3) is 0 Å². The molecule has 6 nitrogen and oxygen atoms in total. The Hall–Kier alpha value is -4.08. The number of amides is 1. The van der Waals surface area contributed by atoms with Crippen molar-refractivity contribution in [1.29, 1.82) is 5.26 Å². The summed E-state index contributed by atoms with van der Waals surface area (Å²) in [5.74, 6) is -0.0118. The van der Waals surface area contributed by atoms with Crippen molar-refractivity contribution in [2.24, 2.45) is 4.99 Å². The van der Waals surface area contributed by atoms with E-state index in [1.165, 1.54) is 0 Å². The van der Waals surface area contributed by atoms with Gasteiger partial charge in [-0.15, -0.1) is 0 Å². The summed E-state index contributed by atoms with van der Waals surface area (Å²) in [6.45, 7) is 6.10. The molecule has 2 heterocycles. The molecular weight excluding hydrogens is 424 g/mol. The highest BCUT2D eigenvalue weighted by molar-refractivity contribution is 6.09. The summed E-state index contributed by atoms with van der Waals surface area (Å²) in [5, 5.41) is 19.2. The molecule has 1 aromatic heterocycles. The van der Waals surface area contributed by atoms with Crippen LogP contribution < -0.4 is 4.90 Å². The molecule has 0 atom stereocenters. The molecule has 1 N–H and O–H groups in total. The van der Waals surface area contributed by atoms with Gasteiger partial charge in [-0.1, -0.05) is 42.5 Å². The Morgan fingerprint density at radius 1 is 1.21 bits per heavy atom. The Balaban J connectivity index is 1.65. The molecule has 1 aliphatic carbocycles. The van der Waals surface area contributed by atoms with Crippen LogP contribution in [0.4, 0.5) is 5.69 Å². The van der Waals surface area contributed by atoms with Gasteiger partial charge < -0.3 is 10.0 Å². The predicted molar refractivity (Wildman–Crippen MR) is 131 cm³/mol. The summed E-state index contributed by atoms with van der Waals surface area (Å²) in [6, 6.07) is 21.3. The Kier molecular flexibility index (Phi) is 5.35. The molecule has 1 saturated carbocycles. The number of carbonyl (C=O) groups is 1. The van der Waals surface area contributed by atoms with Crippen LogP contribution in [0.5, 0.6) is 0 Å². The monoisotopic (exact) mass is 448 g/mol. The molecule has 5 rings (SSSR count). The standard InChI is InChI=1S/C28H24N4O2/c1-18-7-3-4-8-22(18)26(19-11-12-20(15-29)31-16-19)24(30-2)17-32-25-10-6-5-9-23(25)28(27(32)34)13-21(33)14-28/h3-12,16,21,33H,2,13-14,17H2,1H3/b26-24-/t21-,28+. The molecule has 0 bridgehead atoms. The van der Waals surface area contributed by atoms with E-state index in [1.807, 2.05) is 61.5 Å². The van der Waals surface area contributed by atoms with Gasteiger partial charge >= 0.3 is 0 Å². The number of hydrogen-bond acceptors (Lipinski definition) is 5. The molecule has 3 aromatic rings. The van der Waals surface area contributed by atoms with Crippen molar-refractivity contribution in [3.8, 4) is 6.07 Å². The number of aliphatic hydroxyl groups excluding tert-OH is 1. The van der Waals surface area contributed by atoms with Gasteiger partial charge in [-0.2, -0.15) is 5.26 Å². The van der Waals surface area contributed by atoms with Crippen LogP contribution >= 0.6 is 0 Å². The van der Waals surface area contributed by atoms with E-state index < -0.39 is 11.5 Å². The molecule has 1 aliphatic heterocycles. The fourth-order valence-electron chi connectivity index (χ4n) is 5.19. The number of benzene rings is 2. The highest BCUT2D eigenvalue weighted by atomic mass is 16.3. The van der Waals surface area contributed by atoms with E-state index in [0.29, 0.717) is 24.2 Å². The first-order chi connectivity index (χ1) is 16.5. The van der Waals surface area contributed by atoms with Gasteiger partial charge in [0.15, 0.2) is 0 Å². The second-order valence-corrected chi connectivity index (χ2v) is 8.89. The van der Waals surface area contributed by atoms with Crippen LogP contribution in [0, 0.1) is 18.3 Å². The van der Waals surface area contributed by atoms with Gasteiger partial charge in [-0.3, -0.25) is 9.79 Å². The highest BCUT2D eigenvalue weighted by Crippen LogP contribution is 2.53. The Morgan fingerprint density at radius 3 is 2.59 bits per heavy atom. The smallest absolute Gasteiger partial charge is 0.238 e. The third kappa shape index (κ3) is 3.33. The summed E-state index contributed by atoms with van der Waals surface area (Å²) in [7, 11) is 0. The van der Waals surface area contributed by atoms with E-state index in [0.717, 1.165) is 33.5 Å². The minimum absolute atomic E-state index is 0.0118. The van der Waals surface area contributed by atoms with Gasteiger partial charge in [0.2, 0.25) is 5.91 Å². The van der Waals surface area contributed by atoms with E-state index in [4.69, 9.17) is 0 Å². The number of aliphatic hydroxyl groups is 1. The first-order valence-corrected chi connectivity index (χ1v) is 11.2. The Bertz CT molecular complexity index is 1360. The number of anilines is 1. The fourth-order valence-corrected chi connectivity index (χ4v) is 5.19. The number of aryl methyl sites for hydroxylation is 1. The summed E-state index contributed by atoms with van der Waals surface area (Å²) in [5.41, 5.74) is 5.75. The van der Waals surface area contributed by atoms with E-state index >= 15 is 0 Å². The van der Waals surface area contributed by atoms with Crippen molar-refractivity contribution in [3.05, 3.63) is 101 Å². The number of pyridine rings is 1. The Morgan fingerprint density at radius 2 is 1.94 bits per heavy atom. The normalized spacial score (nSPS) is 21.5. The lowest BCUT2D eigenvalue weighted by molar-refractivity contribution is -0.130. The van der Waals surface area contributed by atoms with E-state index in [1.54, 1.807) is 17.2 Å². The lowest BCUT2D eigenvalue weighted by Crippen LogP contribution is -2.52. The lowest BCUT2D eigenvalue weighted by Gasteiger charge is -2.41. The lowest BCUT2D eigenvalue weighted by atomic mass is 9.63. The van der Waals surface area contributed by atoms with Crippen LogP contribution in [-0.2, 0) is 10.2 Å². The largest absolute Gasteiger partial charge is 0.393 e. The van der Waals surface area contributed by atoms with E-state index in [2.05, 4.69) is 22.8 Å². The SMILES string of the molecule is C=N/C(CN1c2ccccc2[C@]2(C[C@H](O)C2)C1=O)=C(/c1ccc(C#N)nc1)c1ccccc1C. The Labute approximate surface area is 198 Å². The number of hydrogen-bond donors (Lipinski definition) is 1. The van der Waals surface area contributed by atoms with Gasteiger partial charge in [-0.25, -0.2) is 4.98 Å². The van der Waals surface area contributed by atoms with Crippen LogP contribution in [0.1, 0.15) is 40.8 Å². The average molecular weight is 449 g/mol. The zero-order chi connectivity index (χ0) is 23.9. The van der Waals surface area contributed by atoms with Crippen molar-refractivity contribution >= 4 is 23.9 Å². The van der Waals surface area contributed by atoms with Crippen LogP contribution in [0.3, 0.4) is 0 Å². The third-order valence-corrected chi connectivity index (χ3v) is 6.90. The molecule has 6 heteroatoms. The minimum Gasteiger partial charge on any atom is -0.393 e. The summed E-state index contributed by atoms with van der Waals surface area (Å²) in [6.07, 6.45) is 2.07. The molecule has 2 aliphatic rings.